The Morgan fingerprint density at radius 2 is 2.23 bits per heavy atom. The quantitative estimate of drug-likeness (QED) is 0.351. The van der Waals surface area contributed by atoms with Crippen molar-refractivity contribution >= 4 is 29.9 Å². The number of alkyl halides is 3. The summed E-state index contributed by atoms with van der Waals surface area (Å²) in [6.07, 6.45) is -0.704. The minimum atomic E-state index is -4.39. The van der Waals surface area contributed by atoms with Gasteiger partial charge in [0.1, 0.15) is 0 Å². The number of hydrogen-bond donors (Lipinski definition) is 2. The van der Waals surface area contributed by atoms with Gasteiger partial charge >= 0.3 is 6.18 Å². The first kappa shape index (κ1) is 22.7. The van der Waals surface area contributed by atoms with Gasteiger partial charge in [0.05, 0.1) is 12.6 Å². The van der Waals surface area contributed by atoms with Gasteiger partial charge in [0.15, 0.2) is 12.6 Å². The van der Waals surface area contributed by atoms with Crippen LogP contribution >= 0.6 is 24.0 Å². The topological polar surface area (TPSA) is 67.8 Å². The Morgan fingerprint density at radius 1 is 1.42 bits per heavy atom. The summed E-state index contributed by atoms with van der Waals surface area (Å²) >= 11 is 0. The van der Waals surface area contributed by atoms with Crippen LogP contribution in [-0.4, -0.2) is 49.5 Å². The lowest BCUT2D eigenvalue weighted by Gasteiger charge is -2.14. The normalized spacial score (nSPS) is 17.5. The van der Waals surface area contributed by atoms with Crippen LogP contribution in [-0.2, 0) is 11.3 Å². The maximum atomic E-state index is 12.2. The van der Waals surface area contributed by atoms with Gasteiger partial charge in [-0.15, -0.1) is 24.0 Å². The van der Waals surface area contributed by atoms with Crippen molar-refractivity contribution in [2.45, 2.75) is 38.6 Å². The molecule has 2 rings (SSSR count). The summed E-state index contributed by atoms with van der Waals surface area (Å²) in [5.41, 5.74) is 0.710. The van der Waals surface area contributed by atoms with Crippen molar-refractivity contribution in [3.8, 4) is 5.88 Å². The zero-order valence-electron chi connectivity index (χ0n) is 14.5. The maximum absolute atomic E-state index is 12.2. The molecule has 6 nitrogen and oxygen atoms in total. The third-order valence-corrected chi connectivity index (χ3v) is 3.47. The number of aliphatic imine (C=N–C) groups is 1. The first-order valence-corrected chi connectivity index (χ1v) is 8.24. The zero-order chi connectivity index (χ0) is 18.1. The third kappa shape index (κ3) is 8.88. The van der Waals surface area contributed by atoms with E-state index in [2.05, 4.69) is 25.3 Å². The van der Waals surface area contributed by atoms with Crippen molar-refractivity contribution in [3.05, 3.63) is 23.9 Å². The van der Waals surface area contributed by atoms with E-state index in [0.717, 1.165) is 19.4 Å². The lowest BCUT2D eigenvalue weighted by molar-refractivity contribution is -0.154. The monoisotopic (exact) mass is 488 g/mol. The average molecular weight is 488 g/mol. The number of halogens is 4. The molecule has 2 N–H and O–H groups in total. The summed E-state index contributed by atoms with van der Waals surface area (Å²) in [5.74, 6) is 0.565. The number of ether oxygens (including phenoxy) is 2. The molecule has 1 aliphatic heterocycles. The molecule has 1 aliphatic rings. The fraction of sp³-hybridized carbons (Fsp3) is 0.625. The molecule has 0 spiro atoms. The Bertz CT molecular complexity index is 567. The standard InChI is InChI=1S/C16H23F3N4O2.HI/c1-2-20-15(23-10-13-4-3-7-24-13)22-9-12-5-6-21-14(8-12)25-11-16(17,18)19;/h5-6,8,13H,2-4,7,9-11H2,1H3,(H2,20,22,23);1H. The highest BCUT2D eigenvalue weighted by Gasteiger charge is 2.28. The van der Waals surface area contributed by atoms with E-state index in [1.54, 1.807) is 6.07 Å². The van der Waals surface area contributed by atoms with Crippen LogP contribution in [0.2, 0.25) is 0 Å². The van der Waals surface area contributed by atoms with Gasteiger partial charge in [0, 0.05) is 32.0 Å². The highest BCUT2D eigenvalue weighted by atomic mass is 127. The predicted octanol–water partition coefficient (Wildman–Crippen LogP) is 2.87. The number of nitrogens with zero attached hydrogens (tertiary/aromatic N) is 2. The smallest absolute Gasteiger partial charge is 0.422 e. The number of rotatable bonds is 7. The van der Waals surface area contributed by atoms with Gasteiger partial charge in [-0.2, -0.15) is 13.2 Å². The molecule has 0 saturated carbocycles. The third-order valence-electron chi connectivity index (χ3n) is 3.47. The molecule has 0 radical (unpaired) electrons. The molecule has 2 heterocycles. The van der Waals surface area contributed by atoms with E-state index in [9.17, 15) is 13.2 Å². The van der Waals surface area contributed by atoms with Gasteiger partial charge in [-0.1, -0.05) is 0 Å². The molecule has 0 bridgehead atoms. The van der Waals surface area contributed by atoms with Gasteiger partial charge in [-0.05, 0) is 31.4 Å². The van der Waals surface area contributed by atoms with Crippen LogP contribution in [0, 0.1) is 0 Å². The predicted molar refractivity (Wildman–Crippen MR) is 103 cm³/mol. The Balaban J connectivity index is 0.00000338. The Kier molecular flexibility index (Phi) is 9.99. The first-order valence-electron chi connectivity index (χ1n) is 8.24. The summed E-state index contributed by atoms with van der Waals surface area (Å²) in [5, 5.41) is 6.33. The van der Waals surface area contributed by atoms with E-state index in [4.69, 9.17) is 4.74 Å². The Morgan fingerprint density at radius 3 is 2.88 bits per heavy atom. The summed E-state index contributed by atoms with van der Waals surface area (Å²) in [6, 6.07) is 3.15. The average Bonchev–Trinajstić information content (AvgIpc) is 3.09. The number of nitrogens with one attached hydrogen (secondary N) is 2. The van der Waals surface area contributed by atoms with E-state index in [1.807, 2.05) is 6.92 Å². The van der Waals surface area contributed by atoms with Crippen LogP contribution in [0.1, 0.15) is 25.3 Å². The summed E-state index contributed by atoms with van der Waals surface area (Å²) in [7, 11) is 0. The van der Waals surface area contributed by atoms with E-state index < -0.39 is 12.8 Å². The molecule has 0 amide bonds. The summed E-state index contributed by atoms with van der Waals surface area (Å²) in [6.45, 7) is 3.05. The highest BCUT2D eigenvalue weighted by Crippen LogP contribution is 2.17. The minimum absolute atomic E-state index is 0. The second kappa shape index (κ2) is 11.4. The van der Waals surface area contributed by atoms with Crippen molar-refractivity contribution in [1.29, 1.82) is 0 Å². The van der Waals surface area contributed by atoms with E-state index in [0.29, 0.717) is 31.2 Å². The van der Waals surface area contributed by atoms with E-state index in [1.165, 1.54) is 12.3 Å². The van der Waals surface area contributed by atoms with Crippen molar-refractivity contribution < 1.29 is 22.6 Å². The Labute approximate surface area is 168 Å². The SMILES string of the molecule is CCNC(=NCc1ccnc(OCC(F)(F)F)c1)NCC1CCCO1.I. The molecule has 0 aliphatic carbocycles. The molecule has 10 heteroatoms. The molecule has 1 atom stereocenters. The second-order valence-corrected chi connectivity index (χ2v) is 5.62. The van der Waals surface area contributed by atoms with Crippen molar-refractivity contribution in [3.63, 3.8) is 0 Å². The van der Waals surface area contributed by atoms with Gasteiger partial charge in [0.2, 0.25) is 5.88 Å². The zero-order valence-corrected chi connectivity index (χ0v) is 16.8. The van der Waals surface area contributed by atoms with Crippen LogP contribution in [0.4, 0.5) is 13.2 Å². The van der Waals surface area contributed by atoms with Gasteiger partial charge in [-0.3, -0.25) is 0 Å². The van der Waals surface area contributed by atoms with Crippen LogP contribution in [0.3, 0.4) is 0 Å². The first-order chi connectivity index (χ1) is 12.0. The van der Waals surface area contributed by atoms with Crippen LogP contribution < -0.4 is 15.4 Å². The molecule has 148 valence electrons. The van der Waals surface area contributed by atoms with Crippen molar-refractivity contribution in [2.24, 2.45) is 4.99 Å². The van der Waals surface area contributed by atoms with E-state index in [-0.39, 0.29) is 36.0 Å². The fourth-order valence-corrected chi connectivity index (χ4v) is 2.31. The Hall–Kier alpha value is -1.30. The number of aromatic nitrogens is 1. The van der Waals surface area contributed by atoms with E-state index >= 15 is 0 Å². The van der Waals surface area contributed by atoms with Crippen molar-refractivity contribution in [2.75, 3.05) is 26.3 Å². The highest BCUT2D eigenvalue weighted by molar-refractivity contribution is 14.0. The molecule has 0 aromatic carbocycles. The summed E-state index contributed by atoms with van der Waals surface area (Å²) in [4.78, 5) is 8.20. The lowest BCUT2D eigenvalue weighted by Crippen LogP contribution is -2.41. The number of pyridine rings is 1. The molecular formula is C16H24F3IN4O2. The molecular weight excluding hydrogens is 464 g/mol. The molecule has 1 unspecified atom stereocenters. The van der Waals surface area contributed by atoms with Gasteiger partial charge in [0.25, 0.3) is 0 Å². The largest absolute Gasteiger partial charge is 0.468 e. The summed E-state index contributed by atoms with van der Waals surface area (Å²) < 4.78 is 46.8. The molecule has 1 aromatic rings. The molecule has 26 heavy (non-hydrogen) atoms. The maximum Gasteiger partial charge on any atom is 0.422 e. The fourth-order valence-electron chi connectivity index (χ4n) is 2.31. The lowest BCUT2D eigenvalue weighted by atomic mass is 10.2. The number of hydrogen-bond acceptors (Lipinski definition) is 4. The number of guanidine groups is 1. The molecule has 1 fully saturated rings. The van der Waals surface area contributed by atoms with Gasteiger partial charge < -0.3 is 20.1 Å². The van der Waals surface area contributed by atoms with Crippen LogP contribution in [0.5, 0.6) is 5.88 Å². The molecule has 1 saturated heterocycles. The second-order valence-electron chi connectivity index (χ2n) is 5.62. The van der Waals surface area contributed by atoms with Gasteiger partial charge in [-0.25, -0.2) is 9.98 Å². The molecule has 1 aromatic heterocycles. The minimum Gasteiger partial charge on any atom is -0.468 e. The van der Waals surface area contributed by atoms with Crippen molar-refractivity contribution in [1.82, 2.24) is 15.6 Å². The van der Waals surface area contributed by atoms with Crippen LogP contribution in [0.15, 0.2) is 23.3 Å². The van der Waals surface area contributed by atoms with Crippen LogP contribution in [0.25, 0.3) is 0 Å².